The summed E-state index contributed by atoms with van der Waals surface area (Å²) in [4.78, 5) is 22.4. The molecule has 0 aromatic heterocycles. The van der Waals surface area contributed by atoms with Gasteiger partial charge in [-0.15, -0.1) is 0 Å². The van der Waals surface area contributed by atoms with Crippen molar-refractivity contribution in [1.29, 1.82) is 0 Å². The molecule has 0 aromatic carbocycles. The number of methoxy groups -OCH3 is 1. The number of phosphoric ester groups is 1. The van der Waals surface area contributed by atoms with Gasteiger partial charge >= 0.3 is 5.97 Å². The van der Waals surface area contributed by atoms with Gasteiger partial charge in [-0.3, -0.25) is 4.57 Å². The highest BCUT2D eigenvalue weighted by molar-refractivity contribution is 7.45. The van der Waals surface area contributed by atoms with Crippen molar-refractivity contribution in [1.82, 2.24) is 0 Å². The van der Waals surface area contributed by atoms with E-state index in [9.17, 15) is 14.3 Å². The summed E-state index contributed by atoms with van der Waals surface area (Å²) in [7, 11) is 2.61. The van der Waals surface area contributed by atoms with Crippen LogP contribution in [-0.4, -0.2) is 65.1 Å². The van der Waals surface area contributed by atoms with E-state index in [1.165, 1.54) is 7.11 Å². The van der Waals surface area contributed by atoms with E-state index in [0.29, 0.717) is 11.0 Å². The van der Waals surface area contributed by atoms with E-state index >= 15 is 0 Å². The Balaban J connectivity index is 3.85. The van der Waals surface area contributed by atoms with Crippen molar-refractivity contribution >= 4 is 13.8 Å². The third-order valence-electron chi connectivity index (χ3n) is 2.05. The molecule has 0 saturated heterocycles. The molecule has 0 N–H and O–H groups in total. The highest BCUT2D eigenvalue weighted by atomic mass is 31.2. The lowest BCUT2D eigenvalue weighted by Crippen LogP contribution is -2.37. The Labute approximate surface area is 119 Å². The van der Waals surface area contributed by atoms with E-state index in [1.54, 1.807) is 0 Å². The molecule has 0 bridgehead atoms. The lowest BCUT2D eigenvalue weighted by atomic mass is 10.5. The summed E-state index contributed by atoms with van der Waals surface area (Å²) in [6, 6.07) is 0. The van der Waals surface area contributed by atoms with Gasteiger partial charge in [0, 0.05) is 0 Å². The van der Waals surface area contributed by atoms with Crippen LogP contribution in [0.25, 0.3) is 0 Å². The molecule has 0 aliphatic rings. The van der Waals surface area contributed by atoms with Gasteiger partial charge < -0.3 is 27.9 Å². The molecule has 0 aromatic rings. The first-order valence-corrected chi connectivity index (χ1v) is 7.34. The van der Waals surface area contributed by atoms with Crippen LogP contribution >= 0.6 is 7.82 Å². The molecule has 20 heavy (non-hydrogen) atoms. The molecule has 0 aliphatic carbocycles. The Morgan fingerprint density at radius 1 is 1.20 bits per heavy atom. The predicted octanol–water partition coefficient (Wildman–Crippen LogP) is -0.102. The third-order valence-corrected chi connectivity index (χ3v) is 3.05. The van der Waals surface area contributed by atoms with E-state index in [1.807, 2.05) is 21.1 Å². The largest absolute Gasteiger partial charge is 0.756 e. The Hall–Kier alpha value is -0.920. The summed E-state index contributed by atoms with van der Waals surface area (Å²) in [6.45, 7) is 3.24. The molecule has 0 spiro atoms. The number of hydrogen-bond donors (Lipinski definition) is 0. The van der Waals surface area contributed by atoms with Crippen molar-refractivity contribution in [3.8, 4) is 0 Å². The fourth-order valence-electron chi connectivity index (χ4n) is 0.911. The lowest BCUT2D eigenvalue weighted by molar-refractivity contribution is -0.870. The molecular formula is C11H22NO7P. The number of rotatable bonds is 10. The molecule has 1 unspecified atom stereocenters. The molecule has 0 aliphatic heterocycles. The molecule has 0 heterocycles. The molecule has 0 saturated carbocycles. The summed E-state index contributed by atoms with van der Waals surface area (Å²) in [5.74, 6) is -0.947. The summed E-state index contributed by atoms with van der Waals surface area (Å²) in [5, 5.41) is 0. The molecule has 9 heteroatoms. The number of carbonyl (C=O) groups excluding carboxylic acids is 1. The minimum atomic E-state index is -4.37. The van der Waals surface area contributed by atoms with Gasteiger partial charge in [0.25, 0.3) is 7.82 Å². The van der Waals surface area contributed by atoms with Crippen molar-refractivity contribution in [2.24, 2.45) is 0 Å². The van der Waals surface area contributed by atoms with Gasteiger partial charge in [-0.2, -0.15) is 0 Å². The van der Waals surface area contributed by atoms with Crippen LogP contribution in [0.4, 0.5) is 0 Å². The van der Waals surface area contributed by atoms with Gasteiger partial charge in [0.2, 0.25) is 0 Å². The number of quaternary nitrogens is 1. The van der Waals surface area contributed by atoms with Gasteiger partial charge in [0.05, 0.1) is 34.9 Å². The topological polar surface area (TPSA) is 94.1 Å². The monoisotopic (exact) mass is 311 g/mol. The van der Waals surface area contributed by atoms with Crippen molar-refractivity contribution in [2.75, 3.05) is 54.6 Å². The van der Waals surface area contributed by atoms with Crippen LogP contribution < -0.4 is 4.89 Å². The van der Waals surface area contributed by atoms with E-state index in [-0.39, 0.29) is 25.6 Å². The maximum Gasteiger partial charge on any atom is 0.373 e. The second-order valence-electron chi connectivity index (χ2n) is 4.89. The number of nitrogens with zero attached hydrogens (tertiary/aromatic N) is 1. The van der Waals surface area contributed by atoms with Crippen molar-refractivity contribution in [2.45, 2.75) is 0 Å². The zero-order chi connectivity index (χ0) is 15.8. The van der Waals surface area contributed by atoms with Crippen LogP contribution in [0.1, 0.15) is 0 Å². The first-order valence-electron chi connectivity index (χ1n) is 5.88. The van der Waals surface area contributed by atoms with Crippen molar-refractivity contribution in [3.05, 3.63) is 12.3 Å². The first kappa shape index (κ1) is 19.1. The second kappa shape index (κ2) is 8.39. The van der Waals surface area contributed by atoms with Crippen LogP contribution in [0.2, 0.25) is 0 Å². The first-order chi connectivity index (χ1) is 9.07. The van der Waals surface area contributed by atoms with E-state index in [0.717, 1.165) is 0 Å². The molecular weight excluding hydrogens is 289 g/mol. The Morgan fingerprint density at radius 2 is 1.75 bits per heavy atom. The fraction of sp³-hybridized carbons (Fsp3) is 0.727. The fourth-order valence-corrected chi connectivity index (χ4v) is 1.59. The number of esters is 1. The Morgan fingerprint density at radius 3 is 2.25 bits per heavy atom. The predicted molar refractivity (Wildman–Crippen MR) is 69.5 cm³/mol. The molecule has 1 atom stereocenters. The van der Waals surface area contributed by atoms with Crippen molar-refractivity contribution in [3.63, 3.8) is 0 Å². The molecule has 118 valence electrons. The van der Waals surface area contributed by atoms with Crippen molar-refractivity contribution < 1.29 is 37.3 Å². The van der Waals surface area contributed by atoms with Gasteiger partial charge in [-0.05, 0) is 6.58 Å². The second-order valence-corrected chi connectivity index (χ2v) is 6.30. The summed E-state index contributed by atoms with van der Waals surface area (Å²) in [5.41, 5.74) is 0. The quantitative estimate of drug-likeness (QED) is 0.139. The normalized spacial score (nSPS) is 14.4. The number of likely N-dealkylation sites (N-methyl/N-ethyl adjacent to an activating group) is 1. The Bertz CT molecular complexity index is 377. The number of phosphoric acid groups is 1. The van der Waals surface area contributed by atoms with Crippen LogP contribution in [0, 0.1) is 0 Å². The van der Waals surface area contributed by atoms with Crippen LogP contribution in [0.15, 0.2) is 12.3 Å². The third kappa shape index (κ3) is 9.94. The van der Waals surface area contributed by atoms with Crippen LogP contribution in [-0.2, 0) is 27.9 Å². The standard InChI is InChI=1S/C11H22NO7P/c1-10(16-5)11(13)17-8-9-19-20(14,15)18-7-6-12(2,3)4/h1,6-9H2,2-5H3. The van der Waals surface area contributed by atoms with Gasteiger partial charge in [0.15, 0.2) is 5.76 Å². The molecule has 0 fully saturated rings. The minimum Gasteiger partial charge on any atom is -0.756 e. The summed E-state index contributed by atoms with van der Waals surface area (Å²) < 4.78 is 30.3. The minimum absolute atomic E-state index is 0.0184. The summed E-state index contributed by atoms with van der Waals surface area (Å²) in [6.07, 6.45) is 0. The number of ether oxygens (including phenoxy) is 2. The van der Waals surface area contributed by atoms with Gasteiger partial charge in [0.1, 0.15) is 19.8 Å². The SMILES string of the molecule is C=C(OC)C(=O)OCCOP(=O)([O-])OCC[N+](C)(C)C. The highest BCUT2D eigenvalue weighted by Gasteiger charge is 2.14. The Kier molecular flexibility index (Phi) is 8.00. The molecule has 8 nitrogen and oxygen atoms in total. The van der Waals surface area contributed by atoms with E-state index in [2.05, 4.69) is 25.1 Å². The average molecular weight is 311 g/mol. The number of carbonyl (C=O) groups is 1. The van der Waals surface area contributed by atoms with E-state index in [4.69, 9.17) is 0 Å². The maximum atomic E-state index is 11.3. The number of hydrogen-bond acceptors (Lipinski definition) is 7. The van der Waals surface area contributed by atoms with E-state index < -0.39 is 13.8 Å². The molecule has 0 rings (SSSR count). The van der Waals surface area contributed by atoms with Crippen LogP contribution in [0.3, 0.4) is 0 Å². The maximum absolute atomic E-state index is 11.3. The lowest BCUT2D eigenvalue weighted by Gasteiger charge is -2.27. The smallest absolute Gasteiger partial charge is 0.373 e. The average Bonchev–Trinajstić information content (AvgIpc) is 2.31. The zero-order valence-electron chi connectivity index (χ0n) is 12.3. The summed E-state index contributed by atoms with van der Waals surface area (Å²) >= 11 is 0. The van der Waals surface area contributed by atoms with Gasteiger partial charge in [-0.25, -0.2) is 4.79 Å². The zero-order valence-corrected chi connectivity index (χ0v) is 13.2. The molecule has 0 amide bonds. The van der Waals surface area contributed by atoms with Gasteiger partial charge in [-0.1, -0.05) is 0 Å². The van der Waals surface area contributed by atoms with Crippen LogP contribution in [0.5, 0.6) is 0 Å². The molecule has 0 radical (unpaired) electrons. The highest BCUT2D eigenvalue weighted by Crippen LogP contribution is 2.37.